The molecule has 0 aliphatic heterocycles. The molecule has 0 bridgehead atoms. The van der Waals surface area contributed by atoms with Crippen LogP contribution >= 0.6 is 63.7 Å². The van der Waals surface area contributed by atoms with Gasteiger partial charge in [-0.1, -0.05) is 239 Å². The molecule has 0 amide bonds. The summed E-state index contributed by atoms with van der Waals surface area (Å²) in [6, 6.07) is 72.1. The van der Waals surface area contributed by atoms with E-state index in [4.69, 9.17) is 1.37 Å². The van der Waals surface area contributed by atoms with Gasteiger partial charge in [0.2, 0.25) is 0 Å². The predicted octanol–water partition coefficient (Wildman–Crippen LogP) is 11.6. The van der Waals surface area contributed by atoms with Gasteiger partial charge < -0.3 is 0 Å². The summed E-state index contributed by atoms with van der Waals surface area (Å²) in [5, 5.41) is 11.1. The van der Waals surface area contributed by atoms with E-state index in [1.807, 2.05) is 0 Å². The molecule has 61 heavy (non-hydrogen) atoms. The first kappa shape index (κ1) is 46.5. The fourth-order valence-electron chi connectivity index (χ4n) is 8.01. The zero-order valence-corrected chi connectivity index (χ0v) is 42.4. The molecule has 8 rings (SSSR count). The van der Waals surface area contributed by atoms with Crippen LogP contribution in [0.4, 0.5) is 4.39 Å². The van der Waals surface area contributed by atoms with Gasteiger partial charge in [0.25, 0.3) is 0 Å². The first-order chi connectivity index (χ1) is 29.4. The fourth-order valence-corrected chi connectivity index (χ4v) is 18.4. The van der Waals surface area contributed by atoms with Gasteiger partial charge >= 0.3 is 0 Å². The minimum atomic E-state index is -2.48. The van der Waals surface area contributed by atoms with E-state index in [0.29, 0.717) is 0 Å². The van der Waals surface area contributed by atoms with Gasteiger partial charge in [-0.15, -0.1) is 0 Å². The normalized spacial score (nSPS) is 11.2. The van der Waals surface area contributed by atoms with E-state index in [1.165, 1.54) is 63.7 Å². The summed E-state index contributed by atoms with van der Waals surface area (Å²) in [5.41, 5.74) is 5.20. The highest BCUT2D eigenvalue weighted by atomic mass is 79.9. The zero-order chi connectivity index (χ0) is 43.6. The lowest BCUT2D eigenvalue weighted by Gasteiger charge is -2.34. The molecule has 8 aromatic carbocycles. The molecule has 0 saturated heterocycles. The van der Waals surface area contributed by atoms with E-state index in [2.05, 4.69) is 286 Å². The molecule has 0 fully saturated rings. The van der Waals surface area contributed by atoms with Crippen LogP contribution in [0.25, 0.3) is 0 Å². The lowest BCUT2D eigenvalue weighted by Crippen LogP contribution is -2.74. The van der Waals surface area contributed by atoms with Crippen molar-refractivity contribution < 1.29 is 5.76 Å². The van der Waals surface area contributed by atoms with Crippen LogP contribution in [-0.2, 0) is 0 Å². The topological polar surface area (TPSA) is 0 Å². The molecule has 0 N–H and O–H groups in total. The molecular weight excluding hydrogens is 1040 g/mol. The SMILES string of the molecule is Brc1ccc([Si](c2ccc(Br)cc2)(c2ccc(Br)cc2)c2ccc(Br)cc2)cc1.C.Cc1ccc([Si](c2ccc(C)cc2)(c2ccc(C)cc2)c2ccc(C)cc2)cc1.[2H]CF. The summed E-state index contributed by atoms with van der Waals surface area (Å²) in [7, 11) is -5.87. The molecule has 0 radical (unpaired) electrons. The van der Waals surface area contributed by atoms with Crippen molar-refractivity contribution in [3.8, 4) is 0 Å². The molecule has 0 atom stereocenters. The quantitative estimate of drug-likeness (QED) is 0.105. The number of hydrogen-bond acceptors (Lipinski definition) is 0. The molecular formula is C54H51Br4FSi2. The summed E-state index contributed by atoms with van der Waals surface area (Å²) in [4.78, 5) is 0. The molecule has 0 nitrogen and oxygen atoms in total. The number of aryl methyl sites for hydroxylation is 4. The van der Waals surface area contributed by atoms with Crippen molar-refractivity contribution in [3.63, 3.8) is 0 Å². The van der Waals surface area contributed by atoms with Crippen molar-refractivity contribution in [2.75, 3.05) is 7.15 Å². The van der Waals surface area contributed by atoms with Crippen LogP contribution in [-0.4, -0.2) is 23.3 Å². The second-order valence-corrected chi connectivity index (χ2v) is 26.3. The zero-order valence-electron chi connectivity index (χ0n) is 35.1. The minimum absolute atomic E-state index is 0. The average Bonchev–Trinajstić information content (AvgIpc) is 3.26. The molecule has 0 aliphatic rings. The second kappa shape index (κ2) is 21.9. The molecule has 0 spiro atoms. The van der Waals surface area contributed by atoms with E-state index < -0.39 is 23.3 Å². The Bertz CT molecular complexity index is 2040. The Balaban J connectivity index is 0.000000217. The van der Waals surface area contributed by atoms with Crippen LogP contribution in [0.5, 0.6) is 0 Å². The van der Waals surface area contributed by atoms with E-state index >= 15 is 0 Å². The standard InChI is InChI=1S/C28H28Si.C24H16Br4Si.CH3F.CH4/c1-21-5-13-25(14-6-21)29(26-15-7-22(2)8-16-26,27-17-9-23(3)10-18-27)28-19-11-24(4)12-20-28;25-17-1-9-21(10-2-17)29(22-11-3-18(26)4-12-22,23-13-5-19(27)6-14-23)24-15-7-20(28)8-16-24;1-2;/h5-20H,1-4H3;1-16H;1H3;1H4/i;;1D;. The maximum atomic E-state index is 9.96. The molecule has 0 heterocycles. The molecule has 0 saturated carbocycles. The number of halogens is 5. The van der Waals surface area contributed by atoms with Crippen LogP contribution in [0.1, 0.15) is 31.1 Å². The Morgan fingerprint density at radius 3 is 0.541 bits per heavy atom. The van der Waals surface area contributed by atoms with Crippen molar-refractivity contribution in [1.82, 2.24) is 0 Å². The van der Waals surface area contributed by atoms with Crippen LogP contribution in [0.15, 0.2) is 212 Å². The van der Waals surface area contributed by atoms with Crippen molar-refractivity contribution >= 4 is 121 Å². The number of rotatable bonds is 8. The predicted molar refractivity (Wildman–Crippen MR) is 284 cm³/mol. The summed E-state index contributed by atoms with van der Waals surface area (Å²) >= 11 is 14.4. The van der Waals surface area contributed by atoms with Gasteiger partial charge in [-0.25, -0.2) is 0 Å². The Morgan fingerprint density at radius 1 is 0.295 bits per heavy atom. The van der Waals surface area contributed by atoms with Gasteiger partial charge in [0, 0.05) is 17.9 Å². The highest BCUT2D eigenvalue weighted by Gasteiger charge is 2.42. The largest absolute Gasteiger partial charge is 0.255 e. The van der Waals surface area contributed by atoms with Crippen LogP contribution in [0.3, 0.4) is 0 Å². The lowest BCUT2D eigenvalue weighted by molar-refractivity contribution is 0.636. The smallest absolute Gasteiger partial charge is 0.179 e. The van der Waals surface area contributed by atoms with Crippen molar-refractivity contribution in [3.05, 3.63) is 234 Å². The molecule has 0 unspecified atom stereocenters. The third kappa shape index (κ3) is 10.6. The Hall–Kier alpha value is -3.96. The van der Waals surface area contributed by atoms with Gasteiger partial charge in [-0.05, 0) is 118 Å². The Morgan fingerprint density at radius 2 is 0.410 bits per heavy atom. The maximum Gasteiger partial charge on any atom is 0.179 e. The van der Waals surface area contributed by atoms with E-state index in [0.717, 1.165) is 17.9 Å². The van der Waals surface area contributed by atoms with Crippen LogP contribution in [0, 0.1) is 27.7 Å². The summed E-state index contributed by atoms with van der Waals surface area (Å²) in [5.74, 6) is 0. The second-order valence-electron chi connectivity index (χ2n) is 15.0. The van der Waals surface area contributed by atoms with E-state index in [9.17, 15) is 4.39 Å². The van der Waals surface area contributed by atoms with Gasteiger partial charge in [0.05, 0.1) is 8.52 Å². The highest BCUT2D eigenvalue weighted by molar-refractivity contribution is 9.11. The minimum Gasteiger partial charge on any atom is -0.255 e. The number of alkyl halides is 1. The first-order valence-corrected chi connectivity index (χ1v) is 26.8. The van der Waals surface area contributed by atoms with Crippen molar-refractivity contribution in [2.45, 2.75) is 35.1 Å². The summed E-state index contributed by atoms with van der Waals surface area (Å²) < 4.78 is 19.9. The Labute approximate surface area is 400 Å². The highest BCUT2D eigenvalue weighted by Crippen LogP contribution is 2.18. The van der Waals surface area contributed by atoms with Crippen molar-refractivity contribution in [2.24, 2.45) is 0 Å². The fraction of sp³-hybridized carbons (Fsp3) is 0.111. The first-order valence-electron chi connectivity index (χ1n) is 20.3. The van der Waals surface area contributed by atoms with Gasteiger partial charge in [-0.3, -0.25) is 4.39 Å². The van der Waals surface area contributed by atoms with E-state index in [1.54, 1.807) is 0 Å². The molecule has 7 heteroatoms. The summed E-state index contributed by atoms with van der Waals surface area (Å²) in [6.45, 7) is 8.65. The van der Waals surface area contributed by atoms with Gasteiger partial charge in [0.15, 0.2) is 16.1 Å². The van der Waals surface area contributed by atoms with Crippen LogP contribution < -0.4 is 41.5 Å². The lowest BCUT2D eigenvalue weighted by atomic mass is 10.2. The molecule has 0 aliphatic carbocycles. The molecule has 310 valence electrons. The Kier molecular flexibility index (Phi) is 16.7. The van der Waals surface area contributed by atoms with Crippen molar-refractivity contribution in [1.29, 1.82) is 0 Å². The number of benzene rings is 8. The summed E-state index contributed by atoms with van der Waals surface area (Å²) in [6.07, 6.45) is 0. The average molecular weight is 1100 g/mol. The van der Waals surface area contributed by atoms with Gasteiger partial charge in [0.1, 0.15) is 0 Å². The number of hydrogen-bond donors (Lipinski definition) is 0. The maximum absolute atomic E-state index is 9.96. The van der Waals surface area contributed by atoms with Crippen LogP contribution in [0.2, 0.25) is 0 Å². The third-order valence-electron chi connectivity index (χ3n) is 11.0. The third-order valence-corrected chi connectivity index (χ3v) is 22.8. The van der Waals surface area contributed by atoms with Gasteiger partial charge in [-0.2, -0.15) is 0 Å². The monoisotopic (exact) mass is 1090 g/mol. The molecule has 0 aromatic heterocycles. The molecule has 8 aromatic rings. The van der Waals surface area contributed by atoms with E-state index in [-0.39, 0.29) is 7.43 Å².